The molecule has 3 aliphatic carbocycles. The fourth-order valence-electron chi connectivity index (χ4n) is 7.12. The van der Waals surface area contributed by atoms with Crippen LogP contribution in [0.2, 0.25) is 0 Å². The first-order chi connectivity index (χ1) is 29.3. The van der Waals surface area contributed by atoms with Crippen LogP contribution in [0.1, 0.15) is 92.8 Å². The van der Waals surface area contributed by atoms with Crippen LogP contribution in [0.15, 0.2) is 92.7 Å². The van der Waals surface area contributed by atoms with Crippen molar-refractivity contribution in [1.29, 1.82) is 0 Å². The third-order valence-electron chi connectivity index (χ3n) is 10.2. The van der Waals surface area contributed by atoms with Crippen LogP contribution in [0.4, 0.5) is 5.82 Å². The molecule has 6 aromatic rings. The normalized spacial score (nSPS) is 14.0. The summed E-state index contributed by atoms with van der Waals surface area (Å²) in [5, 5.41) is 11.3. The molecular formula is C45H43N5O8S4. The number of nitrogens with zero attached hydrogens (tertiary/aromatic N) is 4. The van der Waals surface area contributed by atoms with Gasteiger partial charge in [-0.15, -0.1) is 22.7 Å². The lowest BCUT2D eigenvalue weighted by Crippen LogP contribution is -2.34. The number of hydrogen-bond acceptors (Lipinski definition) is 12. The van der Waals surface area contributed by atoms with Gasteiger partial charge in [0.15, 0.2) is 33.2 Å². The summed E-state index contributed by atoms with van der Waals surface area (Å²) in [7, 11) is 6.95. The van der Waals surface area contributed by atoms with E-state index in [2.05, 4.69) is 11.4 Å². The van der Waals surface area contributed by atoms with Gasteiger partial charge in [-0.05, 0) is 72.5 Å². The predicted octanol–water partition coefficient (Wildman–Crippen LogP) is 7.61. The van der Waals surface area contributed by atoms with Crippen molar-refractivity contribution in [3.63, 3.8) is 0 Å². The van der Waals surface area contributed by atoms with Gasteiger partial charge >= 0.3 is 0 Å². The van der Waals surface area contributed by atoms with Gasteiger partial charge in [0.1, 0.15) is 5.82 Å². The SMILES string of the molecule is CC(=O)O.Cc1cc(C2C3=C(Cc4c2c(=O)n(C)c(=S)n4C)c2ccccc2C3=O)cs1.Cc1cc(C=O)cs1.Cn1c(N)cc(=O)n(C)c1=S.O=C1CC(=O)c2ccccc21. The van der Waals surface area contributed by atoms with E-state index < -0.39 is 5.97 Å². The highest BCUT2D eigenvalue weighted by molar-refractivity contribution is 7.71. The molecule has 320 valence electrons. The van der Waals surface area contributed by atoms with E-state index in [1.54, 1.807) is 72.6 Å². The van der Waals surface area contributed by atoms with Gasteiger partial charge in [0.25, 0.3) is 17.1 Å². The van der Waals surface area contributed by atoms with Crippen molar-refractivity contribution in [1.82, 2.24) is 18.3 Å². The zero-order valence-electron chi connectivity index (χ0n) is 34.9. The standard InChI is InChI=1S/C22H18N2O2S2.C9H6O2.C6H9N3OS.C6H6OS.C2H4O2/c1-11-8-12(10-28-11)17-18-15(13-6-4-5-7-14(13)20(18)25)9-16-19(17)21(26)24(3)22(27)23(16)2;10-8-5-9(11)7-4-2-1-3-6(7)8;1-8-4(7)3-5(10)9(2)6(8)11;1-5-2-6(3-7)4-8-5;1-2(3)4/h4-8,10,17H,9H2,1-3H3;1-4H,5H2;3H,7H2,1-2H3;2-4H,1H3;1H3,(H,3,4). The number of aldehydes is 1. The van der Waals surface area contributed by atoms with Crippen LogP contribution in [0.25, 0.3) is 5.57 Å². The van der Waals surface area contributed by atoms with E-state index in [-0.39, 0.29) is 40.8 Å². The van der Waals surface area contributed by atoms with Gasteiger partial charge < -0.3 is 20.0 Å². The number of aromatic nitrogens is 4. The van der Waals surface area contributed by atoms with Crippen molar-refractivity contribution < 1.29 is 29.1 Å². The maximum absolute atomic E-state index is 13.4. The zero-order chi connectivity index (χ0) is 45.7. The summed E-state index contributed by atoms with van der Waals surface area (Å²) in [6.45, 7) is 5.11. The van der Waals surface area contributed by atoms with Crippen molar-refractivity contribution in [2.24, 2.45) is 28.2 Å². The van der Waals surface area contributed by atoms with Gasteiger partial charge in [-0.1, -0.05) is 48.5 Å². The highest BCUT2D eigenvalue weighted by atomic mass is 32.1. The number of carboxylic acids is 1. The number of carboxylic acid groups (broad SMARTS) is 1. The quantitative estimate of drug-likeness (QED) is 0.0990. The number of nitrogens with two attached hydrogens (primary N) is 1. The van der Waals surface area contributed by atoms with Crippen molar-refractivity contribution in [3.05, 3.63) is 168 Å². The Morgan fingerprint density at radius 2 is 1.26 bits per heavy atom. The third-order valence-corrected chi connectivity index (χ3v) is 13.1. The Hall–Kier alpha value is -6.27. The van der Waals surface area contributed by atoms with Gasteiger partial charge in [-0.3, -0.25) is 42.7 Å². The number of carbonyl (C=O) groups excluding carboxylic acids is 4. The van der Waals surface area contributed by atoms with Gasteiger partial charge in [0, 0.05) is 108 Å². The van der Waals surface area contributed by atoms with Crippen LogP contribution in [0.5, 0.6) is 0 Å². The lowest BCUT2D eigenvalue weighted by atomic mass is 9.77. The third kappa shape index (κ3) is 9.76. The first-order valence-corrected chi connectivity index (χ1v) is 21.4. The number of Topliss-reactive ketones (excluding diaryl/α,β-unsaturated/α-hetero) is 3. The second kappa shape index (κ2) is 19.6. The molecular weight excluding hydrogens is 867 g/mol. The second-order valence-electron chi connectivity index (χ2n) is 14.4. The van der Waals surface area contributed by atoms with E-state index in [0.29, 0.717) is 38.5 Å². The minimum absolute atomic E-state index is 0.0391. The molecule has 3 aliphatic rings. The molecule has 4 heterocycles. The molecule has 0 saturated carbocycles. The molecule has 0 radical (unpaired) electrons. The van der Waals surface area contributed by atoms with Crippen LogP contribution < -0.4 is 16.9 Å². The highest BCUT2D eigenvalue weighted by Gasteiger charge is 2.42. The molecule has 0 fully saturated rings. The van der Waals surface area contributed by atoms with Crippen molar-refractivity contribution in [3.8, 4) is 0 Å². The average molecular weight is 910 g/mol. The van der Waals surface area contributed by atoms with Gasteiger partial charge in [-0.25, -0.2) is 0 Å². The van der Waals surface area contributed by atoms with Crippen molar-refractivity contribution >= 4 is 88.1 Å². The van der Waals surface area contributed by atoms with Crippen molar-refractivity contribution in [2.45, 2.75) is 39.5 Å². The Morgan fingerprint density at radius 3 is 1.76 bits per heavy atom. The number of hydrogen-bond donors (Lipinski definition) is 2. The monoisotopic (exact) mass is 909 g/mol. The van der Waals surface area contributed by atoms with Gasteiger partial charge in [-0.2, -0.15) is 0 Å². The summed E-state index contributed by atoms with van der Waals surface area (Å²) in [6.07, 6.45) is 1.46. The molecule has 62 heavy (non-hydrogen) atoms. The van der Waals surface area contributed by atoms with Gasteiger partial charge in [0.05, 0.1) is 6.42 Å². The van der Waals surface area contributed by atoms with E-state index in [9.17, 15) is 28.8 Å². The van der Waals surface area contributed by atoms with E-state index in [1.165, 1.54) is 20.1 Å². The molecule has 2 aromatic carbocycles. The van der Waals surface area contributed by atoms with Crippen LogP contribution in [-0.2, 0) is 39.4 Å². The molecule has 9 rings (SSSR count). The van der Waals surface area contributed by atoms with Crippen LogP contribution >= 0.6 is 47.1 Å². The van der Waals surface area contributed by atoms with Crippen LogP contribution in [-0.4, -0.2) is 53.0 Å². The fourth-order valence-corrected chi connectivity index (χ4v) is 8.89. The lowest BCUT2D eigenvalue weighted by Gasteiger charge is -2.29. The molecule has 13 nitrogen and oxygen atoms in total. The number of ketones is 3. The van der Waals surface area contributed by atoms with Crippen molar-refractivity contribution in [2.75, 3.05) is 5.73 Å². The molecule has 3 N–H and O–H groups in total. The Bertz CT molecular complexity index is 3030. The molecule has 0 spiro atoms. The zero-order valence-corrected chi connectivity index (χ0v) is 38.1. The van der Waals surface area contributed by atoms with Gasteiger partial charge in [0.2, 0.25) is 0 Å². The van der Waals surface area contributed by atoms with Crippen LogP contribution in [0, 0.1) is 23.4 Å². The summed E-state index contributed by atoms with van der Waals surface area (Å²) in [6, 6.07) is 20.0. The fraction of sp³-hybridized carbons (Fsp3) is 0.222. The summed E-state index contributed by atoms with van der Waals surface area (Å²) < 4.78 is 7.30. The first kappa shape index (κ1) is 46.8. The predicted molar refractivity (Wildman–Crippen MR) is 247 cm³/mol. The lowest BCUT2D eigenvalue weighted by molar-refractivity contribution is -0.134. The number of aliphatic carboxylic acids is 1. The maximum Gasteiger partial charge on any atom is 0.300 e. The minimum atomic E-state index is -0.833. The molecule has 0 bridgehead atoms. The number of carbonyl (C=O) groups is 5. The molecule has 1 atom stereocenters. The summed E-state index contributed by atoms with van der Waals surface area (Å²) in [5.41, 5.74) is 13.2. The first-order valence-electron chi connectivity index (χ1n) is 18.9. The molecule has 17 heteroatoms. The average Bonchev–Trinajstić information content (AvgIpc) is 4.02. The molecule has 0 saturated heterocycles. The summed E-state index contributed by atoms with van der Waals surface area (Å²) in [4.78, 5) is 81.2. The number of nitrogen functional groups attached to an aromatic ring is 1. The second-order valence-corrected chi connectivity index (χ2v) is 17.4. The Balaban J connectivity index is 0.000000175. The number of aryl methyl sites for hydroxylation is 2. The molecule has 4 aromatic heterocycles. The van der Waals surface area contributed by atoms with E-state index >= 15 is 0 Å². The molecule has 0 amide bonds. The smallest absolute Gasteiger partial charge is 0.300 e. The topological polar surface area (TPSA) is 185 Å². The Morgan fingerprint density at radius 1 is 0.742 bits per heavy atom. The number of allylic oxidation sites excluding steroid dienone is 2. The minimum Gasteiger partial charge on any atom is -0.481 e. The van der Waals surface area contributed by atoms with Crippen LogP contribution in [0.3, 0.4) is 0 Å². The van der Waals surface area contributed by atoms with E-state index in [4.69, 9.17) is 40.1 Å². The number of fused-ring (bicyclic) bond motifs is 4. The highest BCUT2D eigenvalue weighted by Crippen LogP contribution is 2.48. The van der Waals surface area contributed by atoms with E-state index in [0.717, 1.165) is 57.2 Å². The number of anilines is 1. The number of rotatable bonds is 2. The Kier molecular flexibility index (Phi) is 14.8. The largest absolute Gasteiger partial charge is 0.481 e. The molecule has 0 aliphatic heterocycles. The summed E-state index contributed by atoms with van der Waals surface area (Å²) >= 11 is 13.6. The number of benzene rings is 2. The van der Waals surface area contributed by atoms with E-state index in [1.807, 2.05) is 61.2 Å². The number of thiophene rings is 2. The maximum atomic E-state index is 13.4. The Labute approximate surface area is 374 Å². The summed E-state index contributed by atoms with van der Waals surface area (Å²) in [5.74, 6) is -0.865. The molecule has 1 unspecified atom stereocenters.